The first-order valence-corrected chi connectivity index (χ1v) is 12.3. The van der Waals surface area contributed by atoms with E-state index in [1.807, 2.05) is 6.07 Å². The summed E-state index contributed by atoms with van der Waals surface area (Å²) in [6.07, 6.45) is 0.450. The van der Waals surface area contributed by atoms with Gasteiger partial charge in [0.25, 0.3) is 0 Å². The summed E-state index contributed by atoms with van der Waals surface area (Å²) in [5.74, 6) is -1.37. The van der Waals surface area contributed by atoms with Crippen molar-refractivity contribution in [3.63, 3.8) is 0 Å². The molecule has 1 saturated heterocycles. The minimum absolute atomic E-state index is 0.0139. The van der Waals surface area contributed by atoms with Crippen LogP contribution in [-0.2, 0) is 20.7 Å². The van der Waals surface area contributed by atoms with Crippen LogP contribution < -0.4 is 10.6 Å². The van der Waals surface area contributed by atoms with Crippen LogP contribution in [0.4, 0.5) is 14.9 Å². The summed E-state index contributed by atoms with van der Waals surface area (Å²) < 4.78 is 20.1. The van der Waals surface area contributed by atoms with E-state index in [-0.39, 0.29) is 17.9 Å². The third-order valence-electron chi connectivity index (χ3n) is 5.12. The molecule has 2 atom stereocenters. The first-order valence-electron chi connectivity index (χ1n) is 11.2. The molecule has 0 saturated carbocycles. The number of carbonyl (C=O) groups excluding carboxylic acids is 3. The van der Waals surface area contributed by atoms with E-state index in [2.05, 4.69) is 10.6 Å². The summed E-state index contributed by atoms with van der Waals surface area (Å²) in [5.41, 5.74) is 0.883. The van der Waals surface area contributed by atoms with Gasteiger partial charge < -0.3 is 25.4 Å². The molecule has 0 aliphatic carbocycles. The van der Waals surface area contributed by atoms with E-state index in [0.717, 1.165) is 5.56 Å². The molecule has 3 rings (SSSR count). The maximum absolute atomic E-state index is 14.6. The normalized spacial score (nSPS) is 17.7. The van der Waals surface area contributed by atoms with Crippen LogP contribution in [0.15, 0.2) is 48.5 Å². The number of nitrogens with zero attached hydrogens (tertiary/aromatic N) is 1. The minimum atomic E-state index is -0.920. The van der Waals surface area contributed by atoms with E-state index in [4.69, 9.17) is 9.84 Å². The van der Waals surface area contributed by atoms with Gasteiger partial charge in [-0.1, -0.05) is 30.3 Å². The fourth-order valence-corrected chi connectivity index (χ4v) is 5.09. The second kappa shape index (κ2) is 11.5. The Balaban J connectivity index is 1.73. The molecule has 1 aliphatic rings. The number of hydrogen-bond donors (Lipinski definition) is 3. The van der Waals surface area contributed by atoms with Crippen molar-refractivity contribution in [2.24, 2.45) is 0 Å². The van der Waals surface area contributed by atoms with Crippen molar-refractivity contribution < 1.29 is 28.6 Å². The second-order valence-corrected chi connectivity index (χ2v) is 10.2. The van der Waals surface area contributed by atoms with Crippen molar-refractivity contribution in [3.05, 3.63) is 65.5 Å². The maximum Gasteiger partial charge on any atom is 0.330 e. The number of nitrogens with one attached hydrogen (secondary N) is 2. The fraction of sp³-hybridized carbons (Fsp3) is 0.400. The van der Waals surface area contributed by atoms with Gasteiger partial charge in [-0.2, -0.15) is 0 Å². The molecule has 2 aromatic rings. The summed E-state index contributed by atoms with van der Waals surface area (Å²) in [7, 11) is 0. The number of aliphatic hydroxyl groups excluding tert-OH is 1. The predicted molar refractivity (Wildman–Crippen MR) is 132 cm³/mol. The standard InChI is InChI=1S/C25H30FN3O5S/c1-25(2,3)34-23(32)20-15-35-22(18-9-4-5-10-19(18)26)29(20)21(31)14-27-24(33)28-17-8-6-7-16(13-17)11-12-30/h4-10,13,20,22,30H,11-12,14-15H2,1-3H3,(H2,27,28,33)/t20-,22+/m0/s1. The van der Waals surface area contributed by atoms with Crippen LogP contribution in [0, 0.1) is 5.82 Å². The van der Waals surface area contributed by atoms with Crippen molar-refractivity contribution in [2.75, 3.05) is 24.2 Å². The van der Waals surface area contributed by atoms with Crippen LogP contribution in [0.1, 0.15) is 37.3 Å². The van der Waals surface area contributed by atoms with Gasteiger partial charge in [0.05, 0.1) is 6.54 Å². The highest BCUT2D eigenvalue weighted by Crippen LogP contribution is 2.42. The molecule has 0 radical (unpaired) electrons. The molecule has 0 unspecified atom stereocenters. The van der Waals surface area contributed by atoms with Crippen molar-refractivity contribution in [1.29, 1.82) is 0 Å². The molecule has 10 heteroatoms. The number of halogens is 1. The summed E-state index contributed by atoms with van der Waals surface area (Å²) in [5, 5.41) is 13.5. The molecule has 2 aromatic carbocycles. The lowest BCUT2D eigenvalue weighted by atomic mass is 10.1. The molecule has 8 nitrogen and oxygen atoms in total. The summed E-state index contributed by atoms with van der Waals surface area (Å²) in [6.45, 7) is 4.78. The quantitative estimate of drug-likeness (QED) is 0.500. The molecule has 0 bridgehead atoms. The summed E-state index contributed by atoms with van der Waals surface area (Å²) >= 11 is 1.27. The number of carbonyl (C=O) groups is 3. The van der Waals surface area contributed by atoms with E-state index >= 15 is 0 Å². The zero-order valence-corrected chi connectivity index (χ0v) is 20.7. The summed E-state index contributed by atoms with van der Waals surface area (Å²) in [6, 6.07) is 11.6. The molecule has 1 aliphatic heterocycles. The Morgan fingerprint density at radius 2 is 1.91 bits per heavy atom. The first kappa shape index (κ1) is 26.5. The number of thioether (sulfide) groups is 1. The zero-order valence-electron chi connectivity index (χ0n) is 19.9. The SMILES string of the molecule is CC(C)(C)OC(=O)[C@@H]1CS[C@H](c2ccccc2F)N1C(=O)CNC(=O)Nc1cccc(CCO)c1. The van der Waals surface area contributed by atoms with Gasteiger partial charge in [-0.3, -0.25) is 4.79 Å². The highest BCUT2D eigenvalue weighted by atomic mass is 32.2. The lowest BCUT2D eigenvalue weighted by molar-refractivity contribution is -0.163. The van der Waals surface area contributed by atoms with E-state index in [9.17, 15) is 18.8 Å². The molecule has 0 spiro atoms. The minimum Gasteiger partial charge on any atom is -0.458 e. The molecule has 1 fully saturated rings. The van der Waals surface area contributed by atoms with Crippen LogP contribution in [0.5, 0.6) is 0 Å². The van der Waals surface area contributed by atoms with Gasteiger partial charge in [-0.05, 0) is 51.0 Å². The van der Waals surface area contributed by atoms with Gasteiger partial charge in [0.2, 0.25) is 5.91 Å². The molecule has 1 heterocycles. The number of urea groups is 1. The Hall–Kier alpha value is -3.11. The second-order valence-electron chi connectivity index (χ2n) is 9.04. The number of aliphatic hydroxyl groups is 1. The van der Waals surface area contributed by atoms with Gasteiger partial charge >= 0.3 is 12.0 Å². The Kier molecular flexibility index (Phi) is 8.74. The first-order chi connectivity index (χ1) is 16.6. The topological polar surface area (TPSA) is 108 Å². The van der Waals surface area contributed by atoms with Gasteiger partial charge in [0.1, 0.15) is 22.8 Å². The Morgan fingerprint density at radius 3 is 2.60 bits per heavy atom. The van der Waals surface area contributed by atoms with Crippen molar-refractivity contribution >= 4 is 35.4 Å². The van der Waals surface area contributed by atoms with E-state index in [1.54, 1.807) is 57.2 Å². The van der Waals surface area contributed by atoms with Crippen LogP contribution in [0.2, 0.25) is 0 Å². The Morgan fingerprint density at radius 1 is 1.17 bits per heavy atom. The maximum atomic E-state index is 14.6. The number of hydrogen-bond acceptors (Lipinski definition) is 6. The van der Waals surface area contributed by atoms with Crippen LogP contribution >= 0.6 is 11.8 Å². The average molecular weight is 504 g/mol. The van der Waals surface area contributed by atoms with Gasteiger partial charge in [-0.15, -0.1) is 11.8 Å². The fourth-order valence-electron chi connectivity index (χ4n) is 3.63. The van der Waals surface area contributed by atoms with Crippen LogP contribution in [-0.4, -0.2) is 58.5 Å². The molecule has 188 valence electrons. The number of anilines is 1. The molecule has 3 N–H and O–H groups in total. The Labute approximate surface area is 208 Å². The third kappa shape index (κ3) is 7.19. The number of ether oxygens (including phenoxy) is 1. The zero-order chi connectivity index (χ0) is 25.6. The lowest BCUT2D eigenvalue weighted by Crippen LogP contribution is -2.49. The highest BCUT2D eigenvalue weighted by molar-refractivity contribution is 7.99. The van der Waals surface area contributed by atoms with Crippen molar-refractivity contribution in [1.82, 2.24) is 10.2 Å². The number of amides is 3. The van der Waals surface area contributed by atoms with Gasteiger partial charge in [0, 0.05) is 23.6 Å². The van der Waals surface area contributed by atoms with Gasteiger partial charge in [-0.25, -0.2) is 14.0 Å². The Bertz CT molecular complexity index is 1080. The number of benzene rings is 2. The van der Waals surface area contributed by atoms with E-state index in [1.165, 1.54) is 22.7 Å². The molecular weight excluding hydrogens is 473 g/mol. The molecule has 3 amide bonds. The van der Waals surface area contributed by atoms with Crippen LogP contribution in [0.3, 0.4) is 0 Å². The highest BCUT2D eigenvalue weighted by Gasteiger charge is 2.44. The predicted octanol–water partition coefficient (Wildman–Crippen LogP) is 3.47. The molecular formula is C25H30FN3O5S. The number of esters is 1. The average Bonchev–Trinajstić information content (AvgIpc) is 3.22. The smallest absolute Gasteiger partial charge is 0.330 e. The van der Waals surface area contributed by atoms with E-state index < -0.39 is 47.3 Å². The third-order valence-corrected chi connectivity index (χ3v) is 6.43. The number of rotatable bonds is 7. The molecule has 0 aromatic heterocycles. The van der Waals surface area contributed by atoms with Gasteiger partial charge in [0.15, 0.2) is 0 Å². The molecule has 35 heavy (non-hydrogen) atoms. The van der Waals surface area contributed by atoms with Crippen molar-refractivity contribution in [2.45, 2.75) is 44.2 Å². The largest absolute Gasteiger partial charge is 0.458 e. The van der Waals surface area contributed by atoms with Crippen molar-refractivity contribution in [3.8, 4) is 0 Å². The monoisotopic (exact) mass is 503 g/mol. The van der Waals surface area contributed by atoms with Crippen LogP contribution in [0.25, 0.3) is 0 Å². The lowest BCUT2D eigenvalue weighted by Gasteiger charge is -2.30. The van der Waals surface area contributed by atoms with E-state index in [0.29, 0.717) is 12.1 Å². The summed E-state index contributed by atoms with van der Waals surface area (Å²) in [4.78, 5) is 39.8.